The molecule has 3 amide bonds. The van der Waals surface area contributed by atoms with Gasteiger partial charge in [0.25, 0.3) is 5.91 Å². The zero-order valence-electron chi connectivity index (χ0n) is 17.7. The summed E-state index contributed by atoms with van der Waals surface area (Å²) in [5.74, 6) is -1.42. The van der Waals surface area contributed by atoms with Crippen molar-refractivity contribution >= 4 is 29.6 Å². The molecule has 0 aromatic heterocycles. The minimum Gasteiger partial charge on any atom is -0.484 e. The molecule has 0 saturated carbocycles. The Bertz CT molecular complexity index is 941. The topological polar surface area (TPSA) is 118 Å². The van der Waals surface area contributed by atoms with E-state index in [1.54, 1.807) is 24.3 Å². The van der Waals surface area contributed by atoms with Crippen molar-refractivity contribution in [1.29, 1.82) is 0 Å². The lowest BCUT2D eigenvalue weighted by atomic mass is 10.1. The average Bonchev–Trinajstić information content (AvgIpc) is 2.75. The second-order valence-electron chi connectivity index (χ2n) is 6.65. The SMILES string of the molecule is COCCNC(=O)C(=O)N/N=C\c1ccc(OCC(=O)Nc2ccc(C)c(C)c2)cc1. The zero-order valence-corrected chi connectivity index (χ0v) is 17.7. The fourth-order valence-corrected chi connectivity index (χ4v) is 2.38. The van der Waals surface area contributed by atoms with Gasteiger partial charge in [-0.2, -0.15) is 5.10 Å². The fourth-order valence-electron chi connectivity index (χ4n) is 2.38. The maximum Gasteiger partial charge on any atom is 0.329 e. The van der Waals surface area contributed by atoms with Gasteiger partial charge in [-0.25, -0.2) is 5.43 Å². The van der Waals surface area contributed by atoms with E-state index in [0.29, 0.717) is 17.9 Å². The molecule has 2 rings (SSSR count). The van der Waals surface area contributed by atoms with Gasteiger partial charge in [-0.15, -0.1) is 0 Å². The number of aryl methyl sites for hydroxylation is 2. The first kappa shape index (κ1) is 23.6. The van der Waals surface area contributed by atoms with Gasteiger partial charge in [-0.3, -0.25) is 14.4 Å². The van der Waals surface area contributed by atoms with Crippen molar-refractivity contribution in [3.05, 3.63) is 59.2 Å². The molecule has 2 aromatic carbocycles. The van der Waals surface area contributed by atoms with E-state index in [-0.39, 0.29) is 19.1 Å². The van der Waals surface area contributed by atoms with Crippen molar-refractivity contribution in [2.45, 2.75) is 13.8 Å². The molecule has 2 aromatic rings. The third-order valence-electron chi connectivity index (χ3n) is 4.22. The van der Waals surface area contributed by atoms with Gasteiger partial charge in [-0.05, 0) is 66.9 Å². The van der Waals surface area contributed by atoms with E-state index in [2.05, 4.69) is 21.2 Å². The number of benzene rings is 2. The summed E-state index contributed by atoms with van der Waals surface area (Å²) in [6.07, 6.45) is 1.39. The fraction of sp³-hybridized carbons (Fsp3) is 0.273. The van der Waals surface area contributed by atoms with E-state index in [0.717, 1.165) is 16.8 Å². The number of anilines is 1. The smallest absolute Gasteiger partial charge is 0.329 e. The van der Waals surface area contributed by atoms with E-state index in [1.807, 2.05) is 32.0 Å². The van der Waals surface area contributed by atoms with Crippen LogP contribution in [0.3, 0.4) is 0 Å². The molecule has 0 atom stereocenters. The zero-order chi connectivity index (χ0) is 22.6. The maximum absolute atomic E-state index is 12.1. The van der Waals surface area contributed by atoms with Crippen LogP contribution in [0.15, 0.2) is 47.6 Å². The summed E-state index contributed by atoms with van der Waals surface area (Å²) in [5.41, 5.74) is 5.78. The van der Waals surface area contributed by atoms with Crippen molar-refractivity contribution < 1.29 is 23.9 Å². The molecule has 0 aliphatic carbocycles. The Morgan fingerprint density at radius 2 is 1.74 bits per heavy atom. The van der Waals surface area contributed by atoms with Crippen LogP contribution in [-0.2, 0) is 19.1 Å². The van der Waals surface area contributed by atoms with Gasteiger partial charge in [0.05, 0.1) is 12.8 Å². The van der Waals surface area contributed by atoms with E-state index in [9.17, 15) is 14.4 Å². The molecule has 0 unspecified atom stereocenters. The van der Waals surface area contributed by atoms with Crippen LogP contribution in [0.1, 0.15) is 16.7 Å². The number of amides is 3. The highest BCUT2D eigenvalue weighted by Gasteiger charge is 2.11. The van der Waals surface area contributed by atoms with E-state index >= 15 is 0 Å². The molecule has 0 aliphatic heterocycles. The molecule has 0 saturated heterocycles. The van der Waals surface area contributed by atoms with Gasteiger partial charge in [0, 0.05) is 19.3 Å². The van der Waals surface area contributed by atoms with Crippen LogP contribution in [0.4, 0.5) is 5.69 Å². The molecule has 0 fully saturated rings. The molecule has 0 heterocycles. The highest BCUT2D eigenvalue weighted by Crippen LogP contribution is 2.15. The number of hydrazone groups is 1. The summed E-state index contributed by atoms with van der Waals surface area (Å²) in [4.78, 5) is 35.1. The highest BCUT2D eigenvalue weighted by atomic mass is 16.5. The lowest BCUT2D eigenvalue weighted by Crippen LogP contribution is -2.39. The highest BCUT2D eigenvalue weighted by molar-refractivity contribution is 6.35. The Morgan fingerprint density at radius 3 is 2.42 bits per heavy atom. The molecule has 3 N–H and O–H groups in total. The standard InChI is InChI=1S/C22H26N4O5/c1-15-4-7-18(12-16(15)2)25-20(27)14-31-19-8-5-17(6-9-19)13-24-26-22(29)21(28)23-10-11-30-3/h4-9,12-13H,10-11,14H2,1-3H3,(H,23,28)(H,25,27)(H,26,29)/b24-13-. The molecule has 31 heavy (non-hydrogen) atoms. The normalized spacial score (nSPS) is 10.5. The lowest BCUT2D eigenvalue weighted by molar-refractivity contribution is -0.139. The predicted octanol–water partition coefficient (Wildman–Crippen LogP) is 1.53. The number of methoxy groups -OCH3 is 1. The Hall–Kier alpha value is -3.72. The van der Waals surface area contributed by atoms with Crippen LogP contribution in [0.25, 0.3) is 0 Å². The first-order valence-electron chi connectivity index (χ1n) is 9.59. The van der Waals surface area contributed by atoms with Gasteiger partial charge in [0.2, 0.25) is 0 Å². The van der Waals surface area contributed by atoms with E-state index < -0.39 is 11.8 Å². The summed E-state index contributed by atoms with van der Waals surface area (Å²) in [7, 11) is 1.49. The minimum absolute atomic E-state index is 0.130. The molecular weight excluding hydrogens is 400 g/mol. The van der Waals surface area contributed by atoms with Gasteiger partial charge in [-0.1, -0.05) is 6.07 Å². The number of rotatable bonds is 9. The third-order valence-corrected chi connectivity index (χ3v) is 4.22. The summed E-state index contributed by atoms with van der Waals surface area (Å²) >= 11 is 0. The van der Waals surface area contributed by atoms with Crippen LogP contribution in [-0.4, -0.2) is 50.8 Å². The lowest BCUT2D eigenvalue weighted by Gasteiger charge is -2.09. The van der Waals surface area contributed by atoms with Crippen molar-refractivity contribution in [1.82, 2.24) is 10.7 Å². The van der Waals surface area contributed by atoms with Gasteiger partial charge < -0.3 is 20.1 Å². The van der Waals surface area contributed by atoms with Crippen molar-refractivity contribution in [2.75, 3.05) is 32.2 Å². The molecule has 0 aliphatic rings. The minimum atomic E-state index is -0.873. The average molecular weight is 426 g/mol. The maximum atomic E-state index is 12.1. The van der Waals surface area contributed by atoms with Crippen molar-refractivity contribution in [2.24, 2.45) is 5.10 Å². The van der Waals surface area contributed by atoms with Crippen LogP contribution in [0.5, 0.6) is 5.75 Å². The number of nitrogens with zero attached hydrogens (tertiary/aromatic N) is 1. The van der Waals surface area contributed by atoms with E-state index in [1.165, 1.54) is 13.3 Å². The molecule has 9 nitrogen and oxygen atoms in total. The van der Waals surface area contributed by atoms with Gasteiger partial charge in [0.15, 0.2) is 6.61 Å². The Labute approximate surface area is 180 Å². The predicted molar refractivity (Wildman–Crippen MR) is 117 cm³/mol. The van der Waals surface area contributed by atoms with Crippen molar-refractivity contribution in [3.63, 3.8) is 0 Å². The number of nitrogens with one attached hydrogen (secondary N) is 3. The Morgan fingerprint density at radius 1 is 1.00 bits per heavy atom. The summed E-state index contributed by atoms with van der Waals surface area (Å²) < 4.78 is 10.3. The first-order valence-corrected chi connectivity index (χ1v) is 9.59. The van der Waals surface area contributed by atoms with Crippen LogP contribution in [0.2, 0.25) is 0 Å². The largest absolute Gasteiger partial charge is 0.484 e. The summed E-state index contributed by atoms with van der Waals surface area (Å²) in [6, 6.07) is 12.4. The van der Waals surface area contributed by atoms with Crippen molar-refractivity contribution in [3.8, 4) is 5.75 Å². The number of carbonyl (C=O) groups is 3. The van der Waals surface area contributed by atoms with Crippen LogP contribution in [0, 0.1) is 13.8 Å². The second kappa shape index (κ2) is 12.1. The van der Waals surface area contributed by atoms with Gasteiger partial charge >= 0.3 is 11.8 Å². The third kappa shape index (κ3) is 8.27. The number of hydrogen-bond acceptors (Lipinski definition) is 6. The molecule has 0 spiro atoms. The van der Waals surface area contributed by atoms with Gasteiger partial charge in [0.1, 0.15) is 5.75 Å². The molecule has 9 heteroatoms. The van der Waals surface area contributed by atoms with Crippen LogP contribution >= 0.6 is 0 Å². The first-order chi connectivity index (χ1) is 14.9. The number of ether oxygens (including phenoxy) is 2. The number of hydrogen-bond donors (Lipinski definition) is 3. The summed E-state index contributed by atoms with van der Waals surface area (Å²) in [6.45, 7) is 4.40. The molecule has 0 radical (unpaired) electrons. The number of carbonyl (C=O) groups excluding carboxylic acids is 3. The Kier molecular flexibility index (Phi) is 9.18. The molecular formula is C22H26N4O5. The van der Waals surface area contributed by atoms with Crippen LogP contribution < -0.4 is 20.8 Å². The Balaban J connectivity index is 1.76. The van der Waals surface area contributed by atoms with E-state index in [4.69, 9.17) is 9.47 Å². The molecule has 0 bridgehead atoms. The monoisotopic (exact) mass is 426 g/mol. The summed E-state index contributed by atoms with van der Waals surface area (Å²) in [5, 5.41) is 8.91. The molecule has 164 valence electrons. The second-order valence-corrected chi connectivity index (χ2v) is 6.65. The quantitative estimate of drug-likeness (QED) is 0.243.